The third-order valence-corrected chi connectivity index (χ3v) is 1.48. The number of pyridine rings is 1. The van der Waals surface area contributed by atoms with Crippen molar-refractivity contribution in [3.05, 3.63) is 23.9 Å². The predicted octanol–water partition coefficient (Wildman–Crippen LogP) is 1.12. The Morgan fingerprint density at radius 2 is 2.33 bits per heavy atom. The molecule has 0 aromatic carbocycles. The number of aryl methyl sites for hydroxylation is 1. The Kier molecular flexibility index (Phi) is 3.54. The molecular weight excluding hydrogens is 152 g/mol. The van der Waals surface area contributed by atoms with Gasteiger partial charge in [-0.05, 0) is 25.5 Å². The van der Waals surface area contributed by atoms with Crippen molar-refractivity contribution >= 4 is 0 Å². The van der Waals surface area contributed by atoms with E-state index in [4.69, 9.17) is 10.5 Å². The zero-order valence-electron chi connectivity index (χ0n) is 7.29. The molecular formula is C9H14N2O. The monoisotopic (exact) mass is 166 g/mol. The molecule has 0 saturated carbocycles. The highest BCUT2D eigenvalue weighted by Crippen LogP contribution is 2.06. The van der Waals surface area contributed by atoms with Gasteiger partial charge in [-0.15, -0.1) is 0 Å². The first-order chi connectivity index (χ1) is 5.83. The maximum atomic E-state index is 5.32. The van der Waals surface area contributed by atoms with Crippen molar-refractivity contribution in [2.75, 3.05) is 13.2 Å². The summed E-state index contributed by atoms with van der Waals surface area (Å²) in [5, 5.41) is 0. The summed E-state index contributed by atoms with van der Waals surface area (Å²) < 4.78 is 5.31. The van der Waals surface area contributed by atoms with Crippen LogP contribution in [0.3, 0.4) is 0 Å². The summed E-state index contributed by atoms with van der Waals surface area (Å²) in [5.41, 5.74) is 6.46. The second-order valence-electron chi connectivity index (χ2n) is 2.66. The average molecular weight is 166 g/mol. The van der Waals surface area contributed by atoms with Crippen LogP contribution in [0.1, 0.15) is 12.0 Å². The molecule has 0 aliphatic heterocycles. The summed E-state index contributed by atoms with van der Waals surface area (Å²) in [4.78, 5) is 4.09. The minimum atomic E-state index is 0.645. The number of nitrogens with zero attached hydrogens (tertiary/aromatic N) is 1. The van der Waals surface area contributed by atoms with Crippen molar-refractivity contribution in [3.8, 4) is 5.88 Å². The van der Waals surface area contributed by atoms with E-state index in [1.807, 2.05) is 19.1 Å². The predicted molar refractivity (Wildman–Crippen MR) is 48.1 cm³/mol. The largest absolute Gasteiger partial charge is 0.478 e. The van der Waals surface area contributed by atoms with Crippen LogP contribution in [0.2, 0.25) is 0 Å². The molecule has 1 aromatic rings. The first-order valence-electron chi connectivity index (χ1n) is 4.08. The molecule has 0 fully saturated rings. The van der Waals surface area contributed by atoms with Gasteiger partial charge in [0.25, 0.3) is 0 Å². The number of aromatic nitrogens is 1. The van der Waals surface area contributed by atoms with Gasteiger partial charge in [0.1, 0.15) is 0 Å². The Labute approximate surface area is 72.6 Å². The van der Waals surface area contributed by atoms with E-state index < -0.39 is 0 Å². The molecule has 0 aliphatic carbocycles. The lowest BCUT2D eigenvalue weighted by Gasteiger charge is -2.03. The fraction of sp³-hybridized carbons (Fsp3) is 0.444. The minimum absolute atomic E-state index is 0.645. The van der Waals surface area contributed by atoms with Gasteiger partial charge in [0.15, 0.2) is 0 Å². The Morgan fingerprint density at radius 1 is 1.50 bits per heavy atom. The van der Waals surface area contributed by atoms with E-state index in [2.05, 4.69) is 4.98 Å². The SMILES string of the molecule is Cc1ccc(OCCCN)nc1. The Hall–Kier alpha value is -1.09. The summed E-state index contributed by atoms with van der Waals surface area (Å²) in [6.07, 6.45) is 2.66. The van der Waals surface area contributed by atoms with E-state index in [1.165, 1.54) is 0 Å². The molecule has 66 valence electrons. The van der Waals surface area contributed by atoms with Crippen LogP contribution in [0.25, 0.3) is 0 Å². The Bertz CT molecular complexity index is 220. The summed E-state index contributed by atoms with van der Waals surface area (Å²) in [7, 11) is 0. The van der Waals surface area contributed by atoms with E-state index in [-0.39, 0.29) is 0 Å². The molecule has 0 aliphatic rings. The van der Waals surface area contributed by atoms with Gasteiger partial charge in [0.05, 0.1) is 6.61 Å². The molecule has 3 nitrogen and oxygen atoms in total. The van der Waals surface area contributed by atoms with Crippen LogP contribution < -0.4 is 10.5 Å². The Balaban J connectivity index is 2.37. The van der Waals surface area contributed by atoms with Crippen LogP contribution in [-0.2, 0) is 0 Å². The molecule has 12 heavy (non-hydrogen) atoms. The number of hydrogen-bond acceptors (Lipinski definition) is 3. The smallest absolute Gasteiger partial charge is 0.213 e. The van der Waals surface area contributed by atoms with Gasteiger partial charge in [-0.1, -0.05) is 6.07 Å². The van der Waals surface area contributed by atoms with Crippen molar-refractivity contribution in [3.63, 3.8) is 0 Å². The maximum absolute atomic E-state index is 5.32. The van der Waals surface area contributed by atoms with Crippen LogP contribution in [0.4, 0.5) is 0 Å². The van der Waals surface area contributed by atoms with Crippen molar-refractivity contribution in [1.29, 1.82) is 0 Å². The molecule has 2 N–H and O–H groups in total. The van der Waals surface area contributed by atoms with Gasteiger partial charge >= 0.3 is 0 Å². The molecule has 0 amide bonds. The lowest BCUT2D eigenvalue weighted by atomic mass is 10.3. The molecule has 0 unspecified atom stereocenters. The number of nitrogens with two attached hydrogens (primary N) is 1. The Morgan fingerprint density at radius 3 is 2.92 bits per heavy atom. The lowest BCUT2D eigenvalue weighted by molar-refractivity contribution is 0.301. The van der Waals surface area contributed by atoms with Crippen molar-refractivity contribution in [1.82, 2.24) is 4.98 Å². The van der Waals surface area contributed by atoms with Crippen LogP contribution in [0.5, 0.6) is 5.88 Å². The summed E-state index contributed by atoms with van der Waals surface area (Å²) >= 11 is 0. The van der Waals surface area contributed by atoms with Crippen LogP contribution in [-0.4, -0.2) is 18.1 Å². The van der Waals surface area contributed by atoms with Crippen molar-refractivity contribution in [2.24, 2.45) is 5.73 Å². The normalized spacial score (nSPS) is 9.83. The third kappa shape index (κ3) is 2.88. The fourth-order valence-electron chi connectivity index (χ4n) is 0.800. The summed E-state index contributed by atoms with van der Waals surface area (Å²) in [5.74, 6) is 0.675. The summed E-state index contributed by atoms with van der Waals surface area (Å²) in [6, 6.07) is 3.84. The van der Waals surface area contributed by atoms with Gasteiger partial charge in [-0.2, -0.15) is 0 Å². The molecule has 1 aromatic heterocycles. The average Bonchev–Trinajstić information content (AvgIpc) is 2.09. The zero-order valence-corrected chi connectivity index (χ0v) is 7.29. The highest BCUT2D eigenvalue weighted by molar-refractivity contribution is 5.16. The highest BCUT2D eigenvalue weighted by atomic mass is 16.5. The van der Waals surface area contributed by atoms with Crippen LogP contribution >= 0.6 is 0 Å². The second-order valence-corrected chi connectivity index (χ2v) is 2.66. The van der Waals surface area contributed by atoms with E-state index in [0.29, 0.717) is 19.0 Å². The van der Waals surface area contributed by atoms with Crippen LogP contribution in [0, 0.1) is 6.92 Å². The molecule has 0 spiro atoms. The standard InChI is InChI=1S/C9H14N2O/c1-8-3-4-9(11-7-8)12-6-2-5-10/h3-4,7H,2,5-6,10H2,1H3. The van der Waals surface area contributed by atoms with Crippen molar-refractivity contribution < 1.29 is 4.74 Å². The highest BCUT2D eigenvalue weighted by Gasteiger charge is 1.92. The number of hydrogen-bond donors (Lipinski definition) is 1. The van der Waals surface area contributed by atoms with Crippen LogP contribution in [0.15, 0.2) is 18.3 Å². The molecule has 0 bridgehead atoms. The van der Waals surface area contributed by atoms with Gasteiger partial charge in [-0.25, -0.2) is 4.98 Å². The van der Waals surface area contributed by atoms with E-state index >= 15 is 0 Å². The molecule has 1 heterocycles. The minimum Gasteiger partial charge on any atom is -0.478 e. The molecule has 0 radical (unpaired) electrons. The molecule has 0 atom stereocenters. The number of ether oxygens (including phenoxy) is 1. The van der Waals surface area contributed by atoms with Gasteiger partial charge in [-0.3, -0.25) is 0 Å². The second kappa shape index (κ2) is 4.72. The van der Waals surface area contributed by atoms with Gasteiger partial charge in [0.2, 0.25) is 5.88 Å². The van der Waals surface area contributed by atoms with Crippen molar-refractivity contribution in [2.45, 2.75) is 13.3 Å². The van der Waals surface area contributed by atoms with E-state index in [1.54, 1.807) is 6.20 Å². The maximum Gasteiger partial charge on any atom is 0.213 e. The van der Waals surface area contributed by atoms with Gasteiger partial charge < -0.3 is 10.5 Å². The molecule has 3 heteroatoms. The number of rotatable bonds is 4. The first kappa shape index (κ1) is 9.00. The molecule has 1 rings (SSSR count). The quantitative estimate of drug-likeness (QED) is 0.682. The van der Waals surface area contributed by atoms with Gasteiger partial charge in [0, 0.05) is 12.3 Å². The molecule has 0 saturated heterocycles. The first-order valence-corrected chi connectivity index (χ1v) is 4.08. The van der Waals surface area contributed by atoms with E-state index in [0.717, 1.165) is 12.0 Å². The van der Waals surface area contributed by atoms with E-state index in [9.17, 15) is 0 Å². The fourth-order valence-corrected chi connectivity index (χ4v) is 0.800. The summed E-state index contributed by atoms with van der Waals surface area (Å²) in [6.45, 7) is 3.30. The zero-order chi connectivity index (χ0) is 8.81. The third-order valence-electron chi connectivity index (χ3n) is 1.48. The topological polar surface area (TPSA) is 48.1 Å². The lowest BCUT2D eigenvalue weighted by Crippen LogP contribution is -2.06.